The highest BCUT2D eigenvalue weighted by atomic mass is 16.4. The standard InChI is InChI=1S/C16H30N2O3/c1-3-4-5-6-8-13(2)18-15(21)17-12-16(9-7-10-16)11-14(19)20/h13H,3-12H2,1-2H3,(H,19,20)(H2,17,18,21). The van der Waals surface area contributed by atoms with E-state index in [1.807, 2.05) is 6.92 Å². The normalized spacial score (nSPS) is 17.6. The number of amides is 2. The maximum Gasteiger partial charge on any atom is 0.315 e. The maximum absolute atomic E-state index is 11.8. The second-order valence-electron chi connectivity index (χ2n) is 6.50. The molecule has 0 aromatic carbocycles. The van der Waals surface area contributed by atoms with Crippen LogP contribution in [0.3, 0.4) is 0 Å². The van der Waals surface area contributed by atoms with E-state index in [0.29, 0.717) is 6.54 Å². The number of unbranched alkanes of at least 4 members (excludes halogenated alkanes) is 3. The Hall–Kier alpha value is -1.26. The van der Waals surface area contributed by atoms with Gasteiger partial charge in [-0.05, 0) is 31.6 Å². The average Bonchev–Trinajstić information content (AvgIpc) is 2.37. The summed E-state index contributed by atoms with van der Waals surface area (Å²) in [5, 5.41) is 14.7. The lowest BCUT2D eigenvalue weighted by molar-refractivity contribution is -0.141. The van der Waals surface area contributed by atoms with E-state index in [1.165, 1.54) is 19.3 Å². The fourth-order valence-corrected chi connectivity index (χ4v) is 2.91. The van der Waals surface area contributed by atoms with Crippen molar-refractivity contribution in [2.45, 2.75) is 77.7 Å². The Morgan fingerprint density at radius 1 is 1.24 bits per heavy atom. The van der Waals surface area contributed by atoms with Gasteiger partial charge < -0.3 is 15.7 Å². The molecule has 1 aliphatic carbocycles. The van der Waals surface area contributed by atoms with Crippen LogP contribution in [-0.4, -0.2) is 29.7 Å². The van der Waals surface area contributed by atoms with Crippen molar-refractivity contribution in [1.82, 2.24) is 10.6 Å². The molecular weight excluding hydrogens is 268 g/mol. The number of carboxylic acids is 1. The smallest absolute Gasteiger partial charge is 0.315 e. The Bertz CT molecular complexity index is 340. The summed E-state index contributed by atoms with van der Waals surface area (Å²) >= 11 is 0. The van der Waals surface area contributed by atoms with Crippen LogP contribution in [0, 0.1) is 5.41 Å². The monoisotopic (exact) mass is 298 g/mol. The minimum Gasteiger partial charge on any atom is -0.481 e. The van der Waals surface area contributed by atoms with E-state index in [-0.39, 0.29) is 23.9 Å². The van der Waals surface area contributed by atoms with Crippen molar-refractivity contribution in [3.05, 3.63) is 0 Å². The number of hydrogen-bond acceptors (Lipinski definition) is 2. The van der Waals surface area contributed by atoms with Gasteiger partial charge in [-0.2, -0.15) is 0 Å². The van der Waals surface area contributed by atoms with E-state index in [1.54, 1.807) is 0 Å². The molecule has 0 spiro atoms. The van der Waals surface area contributed by atoms with Gasteiger partial charge in [0.15, 0.2) is 0 Å². The Labute approximate surface area is 127 Å². The van der Waals surface area contributed by atoms with Gasteiger partial charge in [0.05, 0.1) is 6.42 Å². The molecule has 5 nitrogen and oxygen atoms in total. The summed E-state index contributed by atoms with van der Waals surface area (Å²) in [7, 11) is 0. The van der Waals surface area contributed by atoms with Crippen LogP contribution in [0.25, 0.3) is 0 Å². The maximum atomic E-state index is 11.8. The predicted octanol–water partition coefficient (Wildman–Crippen LogP) is 3.29. The molecule has 0 saturated heterocycles. The van der Waals surface area contributed by atoms with Crippen molar-refractivity contribution in [3.8, 4) is 0 Å². The van der Waals surface area contributed by atoms with E-state index in [9.17, 15) is 9.59 Å². The molecule has 0 aromatic rings. The molecule has 0 heterocycles. The lowest BCUT2D eigenvalue weighted by Crippen LogP contribution is -2.48. The number of rotatable bonds is 10. The van der Waals surface area contributed by atoms with Gasteiger partial charge in [-0.15, -0.1) is 0 Å². The molecule has 1 aliphatic rings. The van der Waals surface area contributed by atoms with Gasteiger partial charge in [0.25, 0.3) is 0 Å². The highest BCUT2D eigenvalue weighted by molar-refractivity contribution is 5.74. The molecule has 1 saturated carbocycles. The molecule has 0 radical (unpaired) electrons. The summed E-state index contributed by atoms with van der Waals surface area (Å²) in [6.45, 7) is 4.66. The van der Waals surface area contributed by atoms with Crippen LogP contribution in [0.2, 0.25) is 0 Å². The third-order valence-electron chi connectivity index (χ3n) is 4.43. The van der Waals surface area contributed by atoms with Crippen LogP contribution in [0.4, 0.5) is 4.79 Å². The van der Waals surface area contributed by atoms with Crippen molar-refractivity contribution in [2.75, 3.05) is 6.54 Å². The summed E-state index contributed by atoms with van der Waals surface area (Å²) in [4.78, 5) is 22.7. The van der Waals surface area contributed by atoms with Gasteiger partial charge in [0.1, 0.15) is 0 Å². The van der Waals surface area contributed by atoms with Gasteiger partial charge >= 0.3 is 12.0 Å². The number of hydrogen-bond donors (Lipinski definition) is 3. The fourth-order valence-electron chi connectivity index (χ4n) is 2.91. The molecule has 5 heteroatoms. The van der Waals surface area contributed by atoms with Crippen molar-refractivity contribution < 1.29 is 14.7 Å². The largest absolute Gasteiger partial charge is 0.481 e. The molecule has 1 atom stereocenters. The van der Waals surface area contributed by atoms with Crippen molar-refractivity contribution in [2.24, 2.45) is 5.41 Å². The molecule has 2 amide bonds. The third-order valence-corrected chi connectivity index (χ3v) is 4.43. The second-order valence-corrected chi connectivity index (χ2v) is 6.50. The lowest BCUT2D eigenvalue weighted by atomic mass is 9.66. The zero-order valence-electron chi connectivity index (χ0n) is 13.4. The first-order valence-electron chi connectivity index (χ1n) is 8.23. The molecule has 21 heavy (non-hydrogen) atoms. The predicted molar refractivity (Wildman–Crippen MR) is 83.3 cm³/mol. The number of carboxylic acid groups (broad SMARTS) is 1. The molecular formula is C16H30N2O3. The van der Waals surface area contributed by atoms with Gasteiger partial charge in [0, 0.05) is 12.6 Å². The Balaban J connectivity index is 2.19. The lowest BCUT2D eigenvalue weighted by Gasteiger charge is -2.40. The molecule has 0 aromatic heterocycles. The average molecular weight is 298 g/mol. The van der Waals surface area contributed by atoms with E-state index in [4.69, 9.17) is 5.11 Å². The summed E-state index contributed by atoms with van der Waals surface area (Å²) in [5.74, 6) is -0.777. The fraction of sp³-hybridized carbons (Fsp3) is 0.875. The number of carbonyl (C=O) groups excluding carboxylic acids is 1. The van der Waals surface area contributed by atoms with Crippen LogP contribution < -0.4 is 10.6 Å². The second kappa shape index (κ2) is 8.90. The first-order valence-corrected chi connectivity index (χ1v) is 8.23. The van der Waals surface area contributed by atoms with Gasteiger partial charge in [-0.25, -0.2) is 4.79 Å². The Morgan fingerprint density at radius 3 is 2.48 bits per heavy atom. The number of aliphatic carboxylic acids is 1. The van der Waals surface area contributed by atoms with Crippen molar-refractivity contribution in [1.29, 1.82) is 0 Å². The Morgan fingerprint density at radius 2 is 1.95 bits per heavy atom. The zero-order valence-corrected chi connectivity index (χ0v) is 13.4. The van der Waals surface area contributed by atoms with Crippen LogP contribution in [0.5, 0.6) is 0 Å². The number of urea groups is 1. The third kappa shape index (κ3) is 6.82. The molecule has 122 valence electrons. The van der Waals surface area contributed by atoms with Crippen LogP contribution >= 0.6 is 0 Å². The highest BCUT2D eigenvalue weighted by Gasteiger charge is 2.39. The van der Waals surface area contributed by atoms with Gasteiger partial charge in [0.2, 0.25) is 0 Å². The van der Waals surface area contributed by atoms with Gasteiger partial charge in [-0.1, -0.05) is 39.0 Å². The van der Waals surface area contributed by atoms with Crippen LogP contribution in [0.1, 0.15) is 71.6 Å². The van der Waals surface area contributed by atoms with E-state index in [2.05, 4.69) is 17.6 Å². The molecule has 1 unspecified atom stereocenters. The highest BCUT2D eigenvalue weighted by Crippen LogP contribution is 2.43. The van der Waals surface area contributed by atoms with Gasteiger partial charge in [-0.3, -0.25) is 4.79 Å². The molecule has 0 aliphatic heterocycles. The Kier molecular flexibility index (Phi) is 7.54. The minimum atomic E-state index is -0.777. The van der Waals surface area contributed by atoms with Crippen molar-refractivity contribution in [3.63, 3.8) is 0 Å². The number of nitrogens with one attached hydrogen (secondary N) is 2. The van der Waals surface area contributed by atoms with Crippen molar-refractivity contribution >= 4 is 12.0 Å². The first-order chi connectivity index (χ1) is 9.97. The quantitative estimate of drug-likeness (QED) is 0.541. The van der Waals surface area contributed by atoms with Crippen LogP contribution in [0.15, 0.2) is 0 Å². The van der Waals surface area contributed by atoms with E-state index >= 15 is 0 Å². The minimum absolute atomic E-state index is 0.153. The van der Waals surface area contributed by atoms with Crippen LogP contribution in [-0.2, 0) is 4.79 Å². The molecule has 1 rings (SSSR count). The van der Waals surface area contributed by atoms with E-state index in [0.717, 1.165) is 32.1 Å². The first kappa shape index (κ1) is 17.8. The topological polar surface area (TPSA) is 78.4 Å². The zero-order chi connectivity index (χ0) is 15.7. The van der Waals surface area contributed by atoms with E-state index < -0.39 is 5.97 Å². The summed E-state index contributed by atoms with van der Waals surface area (Å²) < 4.78 is 0. The summed E-state index contributed by atoms with van der Waals surface area (Å²) in [6, 6.07) is -0.00618. The summed E-state index contributed by atoms with van der Waals surface area (Å²) in [5.41, 5.74) is -0.215. The molecule has 1 fully saturated rings. The molecule has 0 bridgehead atoms. The summed E-state index contributed by atoms with van der Waals surface area (Å²) in [6.07, 6.45) is 8.81. The molecule has 3 N–H and O–H groups in total. The number of carbonyl (C=O) groups is 2. The SMILES string of the molecule is CCCCCCC(C)NC(=O)NCC1(CC(=O)O)CCC1.